The van der Waals surface area contributed by atoms with Crippen LogP contribution in [0.2, 0.25) is 0 Å². The molecule has 122 valence electrons. The van der Waals surface area contributed by atoms with Crippen molar-refractivity contribution in [2.75, 3.05) is 13.7 Å². The molecule has 1 aromatic rings. The zero-order valence-electron chi connectivity index (χ0n) is 14.0. The van der Waals surface area contributed by atoms with Gasteiger partial charge >= 0.3 is 0 Å². The van der Waals surface area contributed by atoms with Gasteiger partial charge in [0, 0.05) is 26.1 Å². The molecule has 2 heterocycles. The smallest absolute Gasteiger partial charge is 0.176 e. The molecule has 0 spiro atoms. The lowest BCUT2D eigenvalue weighted by atomic mass is 9.80. The van der Waals surface area contributed by atoms with Crippen molar-refractivity contribution in [1.29, 1.82) is 0 Å². The van der Waals surface area contributed by atoms with E-state index in [1.807, 2.05) is 0 Å². The Morgan fingerprint density at radius 2 is 2.27 bits per heavy atom. The summed E-state index contributed by atoms with van der Waals surface area (Å²) in [6.45, 7) is 7.19. The number of rotatable bonds is 5. The van der Waals surface area contributed by atoms with Gasteiger partial charge in [-0.05, 0) is 38.0 Å². The molecular weight excluding hydrogens is 276 g/mol. The Bertz CT molecular complexity index is 537. The molecule has 3 rings (SSSR count). The van der Waals surface area contributed by atoms with Gasteiger partial charge in [-0.3, -0.25) is 0 Å². The fraction of sp³-hybridized carbons (Fsp3) is 0.765. The molecular formula is C17H28N4O. The van der Waals surface area contributed by atoms with Crippen LogP contribution in [0.3, 0.4) is 0 Å². The molecule has 0 fully saturated rings. The zero-order chi connectivity index (χ0) is 15.5. The van der Waals surface area contributed by atoms with Crippen molar-refractivity contribution >= 4 is 0 Å². The van der Waals surface area contributed by atoms with Gasteiger partial charge in [0.1, 0.15) is 12.4 Å². The summed E-state index contributed by atoms with van der Waals surface area (Å²) in [7, 11) is 1.69. The molecule has 1 N–H and O–H groups in total. The van der Waals surface area contributed by atoms with Crippen LogP contribution in [0.15, 0.2) is 11.6 Å². The van der Waals surface area contributed by atoms with Crippen LogP contribution in [-0.4, -0.2) is 34.5 Å². The Balaban J connectivity index is 1.56. The summed E-state index contributed by atoms with van der Waals surface area (Å²) in [6.07, 6.45) is 7.14. The molecule has 0 saturated carbocycles. The average molecular weight is 304 g/mol. The topological polar surface area (TPSA) is 52.0 Å². The highest BCUT2D eigenvalue weighted by Gasteiger charge is 2.25. The van der Waals surface area contributed by atoms with E-state index in [2.05, 4.69) is 40.0 Å². The Morgan fingerprint density at radius 1 is 1.41 bits per heavy atom. The van der Waals surface area contributed by atoms with Crippen LogP contribution in [0.4, 0.5) is 0 Å². The molecule has 0 saturated heterocycles. The molecule has 0 amide bonds. The maximum Gasteiger partial charge on any atom is 0.176 e. The molecule has 0 bridgehead atoms. The summed E-state index contributed by atoms with van der Waals surface area (Å²) in [6, 6.07) is 0.506. The van der Waals surface area contributed by atoms with Crippen LogP contribution >= 0.6 is 0 Å². The molecule has 1 aromatic heterocycles. The minimum atomic E-state index is 0.502. The highest BCUT2D eigenvalue weighted by molar-refractivity contribution is 5.09. The van der Waals surface area contributed by atoms with Gasteiger partial charge in [-0.25, -0.2) is 9.67 Å². The monoisotopic (exact) mass is 304 g/mol. The first-order valence-electron chi connectivity index (χ1n) is 8.49. The molecule has 1 aliphatic heterocycles. The molecule has 1 aliphatic carbocycles. The van der Waals surface area contributed by atoms with E-state index in [1.54, 1.807) is 12.7 Å². The maximum atomic E-state index is 5.12. The molecule has 0 unspecified atom stereocenters. The number of aryl methyl sites for hydroxylation is 1. The summed E-state index contributed by atoms with van der Waals surface area (Å²) < 4.78 is 7.18. The predicted octanol–water partition coefficient (Wildman–Crippen LogP) is 2.32. The van der Waals surface area contributed by atoms with E-state index in [9.17, 15) is 0 Å². The van der Waals surface area contributed by atoms with E-state index in [0.717, 1.165) is 43.5 Å². The first-order valence-corrected chi connectivity index (χ1v) is 8.49. The second-order valence-electron chi connectivity index (χ2n) is 6.81. The Morgan fingerprint density at radius 3 is 3.05 bits per heavy atom. The van der Waals surface area contributed by atoms with E-state index in [-0.39, 0.29) is 0 Å². The highest BCUT2D eigenvalue weighted by Crippen LogP contribution is 2.29. The van der Waals surface area contributed by atoms with Crippen LogP contribution in [0.25, 0.3) is 0 Å². The summed E-state index contributed by atoms with van der Waals surface area (Å²) in [5.74, 6) is 3.39. The van der Waals surface area contributed by atoms with Gasteiger partial charge in [-0.1, -0.05) is 18.6 Å². The number of ether oxygens (including phenoxy) is 1. The lowest BCUT2D eigenvalue weighted by molar-refractivity contribution is 0.177. The first-order chi connectivity index (χ1) is 10.7. The number of allylic oxidation sites excluding steroid dienone is 1. The van der Waals surface area contributed by atoms with Crippen molar-refractivity contribution in [3.8, 4) is 0 Å². The fourth-order valence-corrected chi connectivity index (χ4v) is 3.75. The van der Waals surface area contributed by atoms with Crippen molar-refractivity contribution in [2.45, 2.75) is 58.7 Å². The normalized spacial score (nSPS) is 28.3. The van der Waals surface area contributed by atoms with Crippen LogP contribution in [-0.2, 0) is 24.3 Å². The molecule has 0 radical (unpaired) electrons. The highest BCUT2D eigenvalue weighted by atomic mass is 16.5. The lowest BCUT2D eigenvalue weighted by Gasteiger charge is -2.32. The summed E-state index contributed by atoms with van der Waals surface area (Å²) in [4.78, 5) is 4.54. The third kappa shape index (κ3) is 3.41. The van der Waals surface area contributed by atoms with Gasteiger partial charge in [0.05, 0.1) is 6.54 Å². The van der Waals surface area contributed by atoms with Gasteiger partial charge < -0.3 is 10.1 Å². The number of fused-ring (bicyclic) bond motifs is 1. The molecule has 0 aromatic carbocycles. The van der Waals surface area contributed by atoms with Crippen molar-refractivity contribution < 1.29 is 4.74 Å². The van der Waals surface area contributed by atoms with Gasteiger partial charge in [0.2, 0.25) is 0 Å². The van der Waals surface area contributed by atoms with E-state index < -0.39 is 0 Å². The van der Waals surface area contributed by atoms with E-state index >= 15 is 0 Å². The van der Waals surface area contributed by atoms with Crippen molar-refractivity contribution in [2.24, 2.45) is 11.8 Å². The minimum absolute atomic E-state index is 0.502. The number of hydrogen-bond acceptors (Lipinski definition) is 4. The van der Waals surface area contributed by atoms with Crippen LogP contribution in [0.1, 0.15) is 44.8 Å². The minimum Gasteiger partial charge on any atom is -0.377 e. The Labute approximate surface area is 133 Å². The van der Waals surface area contributed by atoms with Crippen molar-refractivity contribution in [3.05, 3.63) is 23.3 Å². The number of nitrogens with zero attached hydrogens (tertiary/aromatic N) is 3. The summed E-state index contributed by atoms with van der Waals surface area (Å²) >= 11 is 0. The van der Waals surface area contributed by atoms with Gasteiger partial charge in [-0.15, -0.1) is 0 Å². The van der Waals surface area contributed by atoms with Gasteiger partial charge in [0.25, 0.3) is 0 Å². The number of nitrogens with one attached hydrogen (secondary N) is 1. The second-order valence-corrected chi connectivity index (χ2v) is 6.81. The Kier molecular flexibility index (Phi) is 4.93. The summed E-state index contributed by atoms with van der Waals surface area (Å²) in [5.41, 5.74) is 1.56. The molecule has 2 aliphatic rings. The fourth-order valence-electron chi connectivity index (χ4n) is 3.75. The number of aromatic nitrogens is 3. The third-order valence-corrected chi connectivity index (χ3v) is 5.16. The number of hydrogen-bond donors (Lipinski definition) is 1. The van der Waals surface area contributed by atoms with E-state index in [0.29, 0.717) is 18.6 Å². The van der Waals surface area contributed by atoms with E-state index in [1.165, 1.54) is 12.8 Å². The third-order valence-electron chi connectivity index (χ3n) is 5.16. The standard InChI is InChI=1S/C17H28N4O/c1-12-5-4-6-13(2)15(12)9-18-14-7-8-17-19-16(11-22-3)20-21(17)10-14/h5,13-15,18H,4,6-11H2,1-3H3/t13-,14-,15-/m1/s1. The quantitative estimate of drug-likeness (QED) is 0.848. The van der Waals surface area contributed by atoms with Crippen LogP contribution in [0, 0.1) is 11.8 Å². The number of methoxy groups -OCH3 is 1. The maximum absolute atomic E-state index is 5.12. The molecule has 3 atom stereocenters. The van der Waals surface area contributed by atoms with Crippen LogP contribution in [0.5, 0.6) is 0 Å². The van der Waals surface area contributed by atoms with E-state index in [4.69, 9.17) is 4.74 Å². The van der Waals surface area contributed by atoms with Crippen molar-refractivity contribution in [1.82, 2.24) is 20.1 Å². The van der Waals surface area contributed by atoms with Gasteiger partial charge in [-0.2, -0.15) is 5.10 Å². The molecule has 22 heavy (non-hydrogen) atoms. The Hall–Kier alpha value is -1.20. The molecule has 5 heteroatoms. The van der Waals surface area contributed by atoms with Crippen molar-refractivity contribution in [3.63, 3.8) is 0 Å². The molecule has 5 nitrogen and oxygen atoms in total. The second kappa shape index (κ2) is 6.92. The van der Waals surface area contributed by atoms with Crippen LogP contribution < -0.4 is 5.32 Å². The largest absolute Gasteiger partial charge is 0.377 e. The van der Waals surface area contributed by atoms with Gasteiger partial charge in [0.15, 0.2) is 5.82 Å². The summed E-state index contributed by atoms with van der Waals surface area (Å²) in [5, 5.41) is 8.32. The zero-order valence-corrected chi connectivity index (χ0v) is 14.0. The SMILES string of the molecule is COCc1nc2n(n1)C[C@H](NC[C@@H]1C(C)=CCC[C@H]1C)CC2. The first kappa shape index (κ1) is 15.7. The average Bonchev–Trinajstić information content (AvgIpc) is 2.88. The predicted molar refractivity (Wildman–Crippen MR) is 86.5 cm³/mol. The lowest BCUT2D eigenvalue weighted by Crippen LogP contribution is -2.41.